The van der Waals surface area contributed by atoms with Gasteiger partial charge in [0.15, 0.2) is 0 Å². The number of amides is 1. The van der Waals surface area contributed by atoms with Crippen LogP contribution < -0.4 is 5.32 Å². The number of carbonyl (C=O) groups is 1. The summed E-state index contributed by atoms with van der Waals surface area (Å²) in [5.74, 6) is -0.0655. The number of anilines is 1. The number of carbonyl (C=O) groups excluding carboxylic acids is 1. The first kappa shape index (κ1) is 10.7. The van der Waals surface area contributed by atoms with Crippen LogP contribution in [0.2, 0.25) is 0 Å². The van der Waals surface area contributed by atoms with Gasteiger partial charge in [0.2, 0.25) is 5.91 Å². The Hall–Kier alpha value is -1.35. The molecule has 1 rings (SSSR count). The molecule has 0 spiro atoms. The minimum Gasteiger partial charge on any atom is -0.396 e. The highest BCUT2D eigenvalue weighted by Gasteiger charge is 1.97. The van der Waals surface area contributed by atoms with Crippen molar-refractivity contribution >= 4 is 11.6 Å². The van der Waals surface area contributed by atoms with E-state index in [0.717, 1.165) is 24.1 Å². The molecule has 14 heavy (non-hydrogen) atoms. The normalized spacial score (nSPS) is 9.86. The van der Waals surface area contributed by atoms with Crippen LogP contribution in [-0.4, -0.2) is 17.6 Å². The largest absolute Gasteiger partial charge is 0.396 e. The first-order chi connectivity index (χ1) is 6.72. The summed E-state index contributed by atoms with van der Waals surface area (Å²) in [6.07, 6.45) is 1.59. The zero-order valence-electron chi connectivity index (χ0n) is 8.29. The molecule has 0 radical (unpaired) electrons. The van der Waals surface area contributed by atoms with E-state index in [-0.39, 0.29) is 12.5 Å². The van der Waals surface area contributed by atoms with Gasteiger partial charge in [0.1, 0.15) is 0 Å². The smallest absolute Gasteiger partial charge is 0.221 e. The summed E-state index contributed by atoms with van der Waals surface area (Å²) in [5, 5.41) is 11.4. The second-order valence-electron chi connectivity index (χ2n) is 3.21. The minimum absolute atomic E-state index is 0.0655. The molecule has 1 aromatic rings. The quantitative estimate of drug-likeness (QED) is 0.762. The lowest BCUT2D eigenvalue weighted by Crippen LogP contribution is -2.05. The summed E-state index contributed by atoms with van der Waals surface area (Å²) in [5.41, 5.74) is 1.94. The summed E-state index contributed by atoms with van der Waals surface area (Å²) in [6.45, 7) is 1.69. The van der Waals surface area contributed by atoms with E-state index >= 15 is 0 Å². The monoisotopic (exact) mass is 193 g/mol. The predicted molar refractivity (Wildman–Crippen MR) is 56.2 cm³/mol. The van der Waals surface area contributed by atoms with E-state index in [9.17, 15) is 4.79 Å². The van der Waals surface area contributed by atoms with Crippen molar-refractivity contribution < 1.29 is 9.90 Å². The number of hydrogen-bond donors (Lipinski definition) is 2. The molecule has 2 N–H and O–H groups in total. The Bertz CT molecular complexity index is 310. The second kappa shape index (κ2) is 5.40. The lowest BCUT2D eigenvalue weighted by Gasteiger charge is -2.04. The van der Waals surface area contributed by atoms with Crippen LogP contribution in [0.5, 0.6) is 0 Å². The van der Waals surface area contributed by atoms with Crippen molar-refractivity contribution in [2.24, 2.45) is 0 Å². The summed E-state index contributed by atoms with van der Waals surface area (Å²) in [6, 6.07) is 7.67. The number of rotatable bonds is 4. The predicted octanol–water partition coefficient (Wildman–Crippen LogP) is 1.57. The van der Waals surface area contributed by atoms with Crippen molar-refractivity contribution in [2.45, 2.75) is 19.8 Å². The van der Waals surface area contributed by atoms with Crippen LogP contribution in [-0.2, 0) is 11.2 Å². The highest BCUT2D eigenvalue weighted by atomic mass is 16.2. The summed E-state index contributed by atoms with van der Waals surface area (Å²) in [7, 11) is 0. The Balaban J connectivity index is 2.63. The fourth-order valence-corrected chi connectivity index (χ4v) is 1.29. The number of aryl methyl sites for hydroxylation is 1. The molecule has 0 aliphatic heterocycles. The van der Waals surface area contributed by atoms with Gasteiger partial charge in [-0.2, -0.15) is 0 Å². The van der Waals surface area contributed by atoms with Gasteiger partial charge in [0.25, 0.3) is 0 Å². The molecule has 0 saturated carbocycles. The second-order valence-corrected chi connectivity index (χ2v) is 3.21. The Morgan fingerprint density at radius 2 is 2.29 bits per heavy atom. The standard InChI is InChI=1S/C11H15NO2/c1-9(14)12-11-6-2-4-10(8-11)5-3-7-13/h2,4,6,8,13H,3,5,7H2,1H3,(H,12,14). The molecule has 0 bridgehead atoms. The van der Waals surface area contributed by atoms with E-state index in [0.29, 0.717) is 0 Å². The van der Waals surface area contributed by atoms with E-state index in [4.69, 9.17) is 5.11 Å². The number of hydrogen-bond acceptors (Lipinski definition) is 2. The van der Waals surface area contributed by atoms with E-state index in [1.165, 1.54) is 6.92 Å². The van der Waals surface area contributed by atoms with Crippen LogP contribution in [0, 0.1) is 0 Å². The fourth-order valence-electron chi connectivity index (χ4n) is 1.29. The summed E-state index contributed by atoms with van der Waals surface area (Å²) >= 11 is 0. The van der Waals surface area contributed by atoms with E-state index < -0.39 is 0 Å². The molecule has 0 fully saturated rings. The molecule has 76 valence electrons. The van der Waals surface area contributed by atoms with Crippen LogP contribution in [0.3, 0.4) is 0 Å². The van der Waals surface area contributed by atoms with E-state index in [1.807, 2.05) is 24.3 Å². The molecule has 0 aromatic heterocycles. The van der Waals surface area contributed by atoms with Crippen molar-refractivity contribution in [1.29, 1.82) is 0 Å². The molecule has 1 amide bonds. The zero-order valence-corrected chi connectivity index (χ0v) is 8.29. The number of aliphatic hydroxyl groups excluding tert-OH is 1. The van der Waals surface area contributed by atoms with Crippen molar-refractivity contribution in [1.82, 2.24) is 0 Å². The minimum atomic E-state index is -0.0655. The van der Waals surface area contributed by atoms with Crippen molar-refractivity contribution in [2.75, 3.05) is 11.9 Å². The van der Waals surface area contributed by atoms with Gasteiger partial charge in [0.05, 0.1) is 0 Å². The average Bonchev–Trinajstić information content (AvgIpc) is 2.14. The molecule has 0 unspecified atom stereocenters. The van der Waals surface area contributed by atoms with Gasteiger partial charge in [-0.1, -0.05) is 12.1 Å². The van der Waals surface area contributed by atoms with Crippen LogP contribution in [0.1, 0.15) is 18.9 Å². The van der Waals surface area contributed by atoms with Gasteiger partial charge in [-0.25, -0.2) is 0 Å². The van der Waals surface area contributed by atoms with Gasteiger partial charge >= 0.3 is 0 Å². The van der Waals surface area contributed by atoms with Crippen LogP contribution in [0.4, 0.5) is 5.69 Å². The highest BCUT2D eigenvalue weighted by molar-refractivity contribution is 5.88. The Morgan fingerprint density at radius 1 is 1.50 bits per heavy atom. The summed E-state index contributed by atoms with van der Waals surface area (Å²) < 4.78 is 0. The van der Waals surface area contributed by atoms with Crippen LogP contribution >= 0.6 is 0 Å². The number of benzene rings is 1. The molecular formula is C11H15NO2. The fraction of sp³-hybridized carbons (Fsp3) is 0.364. The molecule has 0 heterocycles. The zero-order chi connectivity index (χ0) is 10.4. The van der Waals surface area contributed by atoms with Crippen LogP contribution in [0.25, 0.3) is 0 Å². The Kier molecular flexibility index (Phi) is 4.13. The van der Waals surface area contributed by atoms with Crippen molar-refractivity contribution in [3.8, 4) is 0 Å². The molecule has 1 aromatic carbocycles. The third-order valence-corrected chi connectivity index (χ3v) is 1.87. The first-order valence-electron chi connectivity index (χ1n) is 4.70. The first-order valence-corrected chi connectivity index (χ1v) is 4.70. The molecule has 0 atom stereocenters. The third kappa shape index (κ3) is 3.58. The van der Waals surface area contributed by atoms with E-state index in [1.54, 1.807) is 0 Å². The maximum absolute atomic E-state index is 10.8. The lowest BCUT2D eigenvalue weighted by atomic mass is 10.1. The summed E-state index contributed by atoms with van der Waals surface area (Å²) in [4.78, 5) is 10.8. The molecular weight excluding hydrogens is 178 g/mol. The van der Waals surface area contributed by atoms with Gasteiger partial charge in [0, 0.05) is 19.2 Å². The van der Waals surface area contributed by atoms with E-state index in [2.05, 4.69) is 5.32 Å². The lowest BCUT2D eigenvalue weighted by molar-refractivity contribution is -0.114. The van der Waals surface area contributed by atoms with Gasteiger partial charge in [-0.15, -0.1) is 0 Å². The maximum atomic E-state index is 10.8. The molecule has 0 aliphatic carbocycles. The van der Waals surface area contributed by atoms with Gasteiger partial charge in [-0.3, -0.25) is 4.79 Å². The molecule has 0 saturated heterocycles. The Labute approximate surface area is 83.8 Å². The third-order valence-electron chi connectivity index (χ3n) is 1.87. The topological polar surface area (TPSA) is 49.3 Å². The van der Waals surface area contributed by atoms with Crippen molar-refractivity contribution in [3.05, 3.63) is 29.8 Å². The van der Waals surface area contributed by atoms with Gasteiger partial charge in [-0.05, 0) is 30.5 Å². The highest BCUT2D eigenvalue weighted by Crippen LogP contribution is 2.11. The molecule has 3 nitrogen and oxygen atoms in total. The SMILES string of the molecule is CC(=O)Nc1cccc(CCCO)c1. The van der Waals surface area contributed by atoms with Crippen LogP contribution in [0.15, 0.2) is 24.3 Å². The van der Waals surface area contributed by atoms with Crippen molar-refractivity contribution in [3.63, 3.8) is 0 Å². The average molecular weight is 193 g/mol. The van der Waals surface area contributed by atoms with Gasteiger partial charge < -0.3 is 10.4 Å². The maximum Gasteiger partial charge on any atom is 0.221 e. The number of aliphatic hydroxyl groups is 1. The number of nitrogens with one attached hydrogen (secondary N) is 1. The molecule has 0 aliphatic rings. The molecule has 3 heteroatoms. The Morgan fingerprint density at radius 3 is 2.93 bits per heavy atom.